The maximum absolute atomic E-state index is 12.3. The molecule has 0 aromatic carbocycles. The van der Waals surface area contributed by atoms with Gasteiger partial charge in [-0.2, -0.15) is 0 Å². The number of aromatic nitrogens is 3. The van der Waals surface area contributed by atoms with Crippen LogP contribution in [0.25, 0.3) is 17.1 Å². The molecule has 3 rings (SSSR count). The van der Waals surface area contributed by atoms with Crippen molar-refractivity contribution in [2.75, 3.05) is 12.8 Å². The summed E-state index contributed by atoms with van der Waals surface area (Å²) in [5.41, 5.74) is 9.37. The van der Waals surface area contributed by atoms with Crippen molar-refractivity contribution in [3.05, 3.63) is 60.1 Å². The molecule has 0 unspecified atom stereocenters. The number of likely N-dealkylation sites (N-methyl/N-ethyl adjacent to an activating group) is 1. The average molecular weight is 321 g/mol. The lowest BCUT2D eigenvalue weighted by atomic mass is 10.2. The van der Waals surface area contributed by atoms with Crippen molar-refractivity contribution in [3.63, 3.8) is 0 Å². The molecule has 0 saturated heterocycles. The van der Waals surface area contributed by atoms with Gasteiger partial charge in [-0.1, -0.05) is 0 Å². The van der Waals surface area contributed by atoms with Gasteiger partial charge in [0.15, 0.2) is 0 Å². The Bertz CT molecular complexity index is 895. The SMILES string of the molecule is CN(Cc1cn(C)c2cccnc12)C(=O)C=Cc1ccc(N)nc1. The van der Waals surface area contributed by atoms with Crippen LogP contribution in [0, 0.1) is 0 Å². The number of aryl methyl sites for hydroxylation is 1. The van der Waals surface area contributed by atoms with Gasteiger partial charge >= 0.3 is 0 Å². The van der Waals surface area contributed by atoms with E-state index < -0.39 is 0 Å². The molecule has 24 heavy (non-hydrogen) atoms. The molecular formula is C18H19N5O. The zero-order valence-electron chi connectivity index (χ0n) is 13.7. The number of hydrogen-bond acceptors (Lipinski definition) is 4. The van der Waals surface area contributed by atoms with Crippen LogP contribution in [-0.4, -0.2) is 32.4 Å². The summed E-state index contributed by atoms with van der Waals surface area (Å²) in [4.78, 5) is 22.4. The molecule has 2 N–H and O–H groups in total. The topological polar surface area (TPSA) is 77.0 Å². The van der Waals surface area contributed by atoms with E-state index in [1.165, 1.54) is 6.08 Å². The lowest BCUT2D eigenvalue weighted by Crippen LogP contribution is -2.24. The minimum atomic E-state index is -0.0836. The normalized spacial score (nSPS) is 11.2. The van der Waals surface area contributed by atoms with Gasteiger partial charge in [0.25, 0.3) is 0 Å². The summed E-state index contributed by atoms with van der Waals surface area (Å²) in [6, 6.07) is 7.45. The van der Waals surface area contributed by atoms with Gasteiger partial charge in [-0.05, 0) is 35.9 Å². The van der Waals surface area contributed by atoms with Crippen LogP contribution in [-0.2, 0) is 18.4 Å². The highest BCUT2D eigenvalue weighted by atomic mass is 16.2. The molecule has 0 atom stereocenters. The number of amides is 1. The summed E-state index contributed by atoms with van der Waals surface area (Å²) < 4.78 is 2.02. The van der Waals surface area contributed by atoms with Crippen LogP contribution in [0.15, 0.2) is 48.9 Å². The molecule has 0 aliphatic rings. The Hall–Kier alpha value is -3.15. The lowest BCUT2D eigenvalue weighted by molar-refractivity contribution is -0.125. The van der Waals surface area contributed by atoms with Gasteiger partial charge in [-0.15, -0.1) is 0 Å². The van der Waals surface area contributed by atoms with E-state index in [9.17, 15) is 4.79 Å². The first-order valence-corrected chi connectivity index (χ1v) is 7.58. The molecule has 3 aromatic heterocycles. The monoisotopic (exact) mass is 321 g/mol. The molecule has 0 spiro atoms. The molecule has 3 heterocycles. The summed E-state index contributed by atoms with van der Waals surface area (Å²) in [6.45, 7) is 0.498. The van der Waals surface area contributed by atoms with Crippen molar-refractivity contribution in [1.82, 2.24) is 19.4 Å². The van der Waals surface area contributed by atoms with Gasteiger partial charge in [-0.25, -0.2) is 4.98 Å². The quantitative estimate of drug-likeness (QED) is 0.748. The number of nitrogens with two attached hydrogens (primary N) is 1. The standard InChI is InChI=1S/C18H19N5O/c1-22-11-14(18-15(22)4-3-9-20-18)12-23(2)17(24)8-6-13-5-7-16(19)21-10-13/h3-11H,12H2,1-2H3,(H2,19,21). The highest BCUT2D eigenvalue weighted by Crippen LogP contribution is 2.19. The van der Waals surface area contributed by atoms with Crippen molar-refractivity contribution >= 4 is 28.8 Å². The number of hydrogen-bond donors (Lipinski definition) is 1. The van der Waals surface area contributed by atoms with Gasteiger partial charge < -0.3 is 15.2 Å². The number of nitrogen functional groups attached to an aromatic ring is 1. The van der Waals surface area contributed by atoms with E-state index in [4.69, 9.17) is 5.73 Å². The van der Waals surface area contributed by atoms with Gasteiger partial charge in [0.05, 0.1) is 11.0 Å². The third-order valence-corrected chi connectivity index (χ3v) is 3.83. The predicted molar refractivity (Wildman–Crippen MR) is 94.9 cm³/mol. The van der Waals surface area contributed by atoms with Crippen molar-refractivity contribution in [1.29, 1.82) is 0 Å². The Kier molecular flexibility index (Phi) is 4.29. The molecule has 6 heteroatoms. The number of pyridine rings is 2. The van der Waals surface area contributed by atoms with E-state index in [2.05, 4.69) is 9.97 Å². The number of fused-ring (bicyclic) bond motifs is 1. The lowest BCUT2D eigenvalue weighted by Gasteiger charge is -2.14. The molecule has 1 amide bonds. The van der Waals surface area contributed by atoms with Gasteiger partial charge in [0.2, 0.25) is 5.91 Å². The van der Waals surface area contributed by atoms with Crippen LogP contribution < -0.4 is 5.73 Å². The number of nitrogens with zero attached hydrogens (tertiary/aromatic N) is 4. The van der Waals surface area contributed by atoms with Crippen LogP contribution in [0.3, 0.4) is 0 Å². The zero-order chi connectivity index (χ0) is 17.1. The van der Waals surface area contributed by atoms with Crippen LogP contribution in [0.5, 0.6) is 0 Å². The van der Waals surface area contributed by atoms with E-state index in [-0.39, 0.29) is 5.91 Å². The van der Waals surface area contributed by atoms with Crippen molar-refractivity contribution in [2.24, 2.45) is 7.05 Å². The van der Waals surface area contributed by atoms with E-state index >= 15 is 0 Å². The highest BCUT2D eigenvalue weighted by molar-refractivity contribution is 5.92. The number of anilines is 1. The molecule has 0 fully saturated rings. The van der Waals surface area contributed by atoms with Gasteiger partial charge in [0.1, 0.15) is 5.82 Å². The van der Waals surface area contributed by atoms with Crippen LogP contribution >= 0.6 is 0 Å². The summed E-state index contributed by atoms with van der Waals surface area (Å²) in [6.07, 6.45) is 8.67. The number of carbonyl (C=O) groups excluding carboxylic acids is 1. The zero-order valence-corrected chi connectivity index (χ0v) is 13.7. The van der Waals surface area contributed by atoms with E-state index in [1.54, 1.807) is 36.5 Å². The summed E-state index contributed by atoms with van der Waals surface area (Å²) in [5.74, 6) is 0.374. The Morgan fingerprint density at radius 2 is 2.17 bits per heavy atom. The fraction of sp³-hybridized carbons (Fsp3) is 0.167. The third kappa shape index (κ3) is 3.27. The second kappa shape index (κ2) is 6.54. The second-order valence-corrected chi connectivity index (χ2v) is 5.68. The fourth-order valence-electron chi connectivity index (χ4n) is 2.55. The molecule has 0 bridgehead atoms. The number of rotatable bonds is 4. The second-order valence-electron chi connectivity index (χ2n) is 5.68. The maximum atomic E-state index is 12.3. The first-order chi connectivity index (χ1) is 11.5. The molecular weight excluding hydrogens is 302 g/mol. The smallest absolute Gasteiger partial charge is 0.246 e. The first kappa shape index (κ1) is 15.7. The van der Waals surface area contributed by atoms with E-state index in [0.29, 0.717) is 12.4 Å². The summed E-state index contributed by atoms with van der Waals surface area (Å²) >= 11 is 0. The Morgan fingerprint density at radius 3 is 2.92 bits per heavy atom. The van der Waals surface area contributed by atoms with Crippen LogP contribution in [0.2, 0.25) is 0 Å². The molecule has 3 aromatic rings. The summed E-state index contributed by atoms with van der Waals surface area (Å²) in [5, 5.41) is 0. The Labute approximate surface area is 140 Å². The molecule has 122 valence electrons. The molecule has 0 saturated carbocycles. The fourth-order valence-corrected chi connectivity index (χ4v) is 2.55. The van der Waals surface area contributed by atoms with Crippen molar-refractivity contribution in [3.8, 4) is 0 Å². The highest BCUT2D eigenvalue weighted by Gasteiger charge is 2.12. The van der Waals surface area contributed by atoms with Crippen molar-refractivity contribution in [2.45, 2.75) is 6.54 Å². The van der Waals surface area contributed by atoms with Crippen molar-refractivity contribution < 1.29 is 4.79 Å². The minimum absolute atomic E-state index is 0.0836. The summed E-state index contributed by atoms with van der Waals surface area (Å²) in [7, 11) is 3.75. The van der Waals surface area contributed by atoms with E-state index in [1.807, 2.05) is 36.0 Å². The first-order valence-electron chi connectivity index (χ1n) is 7.58. The van der Waals surface area contributed by atoms with Gasteiger partial charge in [0, 0.05) is 50.9 Å². The Morgan fingerprint density at radius 1 is 1.33 bits per heavy atom. The molecule has 6 nitrogen and oxygen atoms in total. The Balaban J connectivity index is 1.72. The van der Waals surface area contributed by atoms with Crippen LogP contribution in [0.1, 0.15) is 11.1 Å². The molecule has 0 radical (unpaired) electrons. The largest absolute Gasteiger partial charge is 0.384 e. The predicted octanol–water partition coefficient (Wildman–Crippen LogP) is 2.22. The maximum Gasteiger partial charge on any atom is 0.246 e. The number of carbonyl (C=O) groups is 1. The van der Waals surface area contributed by atoms with Gasteiger partial charge in [-0.3, -0.25) is 9.78 Å². The third-order valence-electron chi connectivity index (χ3n) is 3.83. The molecule has 0 aliphatic heterocycles. The van der Waals surface area contributed by atoms with Crippen LogP contribution in [0.4, 0.5) is 5.82 Å². The van der Waals surface area contributed by atoms with E-state index in [0.717, 1.165) is 22.2 Å². The average Bonchev–Trinajstić information content (AvgIpc) is 2.90. The minimum Gasteiger partial charge on any atom is -0.384 e. The molecule has 0 aliphatic carbocycles.